The van der Waals surface area contributed by atoms with Crippen LogP contribution in [0.1, 0.15) is 27.9 Å². The molecule has 0 aliphatic carbocycles. The molecule has 9 nitrogen and oxygen atoms in total. The van der Waals surface area contributed by atoms with Gasteiger partial charge in [-0.1, -0.05) is 47.6 Å². The molecule has 0 spiro atoms. The minimum absolute atomic E-state index is 0.0764. The Balaban J connectivity index is 1.61. The van der Waals surface area contributed by atoms with Crippen LogP contribution in [0.4, 0.5) is 5.69 Å². The largest absolute Gasteiger partial charge is 0.497 e. The number of nitrogens with zero attached hydrogens (tertiary/aromatic N) is 3. The van der Waals surface area contributed by atoms with Gasteiger partial charge in [-0.05, 0) is 29.8 Å². The number of aromatic nitrogens is 2. The Morgan fingerprint density at radius 2 is 1.85 bits per heavy atom. The van der Waals surface area contributed by atoms with Gasteiger partial charge in [-0.3, -0.25) is 14.9 Å². The summed E-state index contributed by atoms with van der Waals surface area (Å²) in [5.41, 5.74) is 1.78. The molecule has 0 bridgehead atoms. The fourth-order valence-corrected chi connectivity index (χ4v) is 3.29. The first-order chi connectivity index (χ1) is 16.0. The van der Waals surface area contributed by atoms with Gasteiger partial charge in [0.15, 0.2) is 0 Å². The standard InChI is InChI=1S/C24H20N4O5/c1-32-20-12-10-17(11-13-20)23(29)25-21(14-16-6-3-2-4-7-16)24-26-22(27-33-24)18-8-5-9-19(15-18)28(30)31/h2-13,15,21H,14H2,1H3,(H,25,29)/t21-/m1/s1. The van der Waals surface area contributed by atoms with Crippen molar-refractivity contribution in [2.45, 2.75) is 12.5 Å². The quantitative estimate of drug-likeness (QED) is 0.316. The molecule has 0 aliphatic heterocycles. The van der Waals surface area contributed by atoms with Crippen molar-refractivity contribution in [3.8, 4) is 17.1 Å². The number of carbonyl (C=O) groups is 1. The Morgan fingerprint density at radius 3 is 2.55 bits per heavy atom. The maximum absolute atomic E-state index is 12.9. The van der Waals surface area contributed by atoms with E-state index < -0.39 is 11.0 Å². The number of benzene rings is 3. The van der Waals surface area contributed by atoms with Gasteiger partial charge in [-0.25, -0.2) is 0 Å². The van der Waals surface area contributed by atoms with Gasteiger partial charge in [0.1, 0.15) is 11.8 Å². The van der Waals surface area contributed by atoms with E-state index in [0.717, 1.165) is 5.56 Å². The average Bonchev–Trinajstić information content (AvgIpc) is 3.35. The first kappa shape index (κ1) is 21.7. The molecule has 166 valence electrons. The molecule has 1 heterocycles. The predicted octanol–water partition coefficient (Wildman–Crippen LogP) is 4.37. The summed E-state index contributed by atoms with van der Waals surface area (Å²) in [7, 11) is 1.56. The van der Waals surface area contributed by atoms with Crippen LogP contribution in [-0.4, -0.2) is 28.1 Å². The zero-order valence-corrected chi connectivity index (χ0v) is 17.7. The average molecular weight is 444 g/mol. The van der Waals surface area contributed by atoms with Crippen LogP contribution in [0, 0.1) is 10.1 Å². The number of ether oxygens (including phenoxy) is 1. The smallest absolute Gasteiger partial charge is 0.270 e. The van der Waals surface area contributed by atoms with Gasteiger partial charge >= 0.3 is 0 Å². The highest BCUT2D eigenvalue weighted by Gasteiger charge is 2.23. The molecule has 0 aliphatic rings. The SMILES string of the molecule is COc1ccc(C(=O)N[C@H](Cc2ccccc2)c2nc(-c3cccc([N+](=O)[O-])c3)no2)cc1. The van der Waals surface area contributed by atoms with Crippen LogP contribution in [0.15, 0.2) is 83.4 Å². The van der Waals surface area contributed by atoms with Crippen molar-refractivity contribution in [3.63, 3.8) is 0 Å². The molecule has 4 rings (SSSR count). The lowest BCUT2D eigenvalue weighted by atomic mass is 10.1. The molecular weight excluding hydrogens is 424 g/mol. The zero-order chi connectivity index (χ0) is 23.2. The summed E-state index contributed by atoms with van der Waals surface area (Å²) in [6, 6.07) is 21.7. The van der Waals surface area contributed by atoms with E-state index in [1.54, 1.807) is 43.5 Å². The highest BCUT2D eigenvalue weighted by Crippen LogP contribution is 2.25. The van der Waals surface area contributed by atoms with Crippen LogP contribution in [-0.2, 0) is 6.42 Å². The molecule has 3 aromatic carbocycles. The Labute approximate surface area is 189 Å². The van der Waals surface area contributed by atoms with E-state index in [-0.39, 0.29) is 23.3 Å². The second-order valence-corrected chi connectivity index (χ2v) is 7.21. The second-order valence-electron chi connectivity index (χ2n) is 7.21. The second kappa shape index (κ2) is 9.73. The first-order valence-electron chi connectivity index (χ1n) is 10.1. The third kappa shape index (κ3) is 5.21. The number of amides is 1. The van der Waals surface area contributed by atoms with Gasteiger partial charge in [0, 0.05) is 29.7 Å². The Bertz CT molecular complexity index is 1260. The summed E-state index contributed by atoms with van der Waals surface area (Å²) in [4.78, 5) is 27.9. The third-order valence-electron chi connectivity index (χ3n) is 5.00. The van der Waals surface area contributed by atoms with Crippen molar-refractivity contribution in [1.29, 1.82) is 0 Å². The number of methoxy groups -OCH3 is 1. The zero-order valence-electron chi connectivity index (χ0n) is 17.7. The molecule has 1 N–H and O–H groups in total. The van der Waals surface area contributed by atoms with Gasteiger partial charge in [0.2, 0.25) is 11.7 Å². The lowest BCUT2D eigenvalue weighted by Gasteiger charge is -2.15. The van der Waals surface area contributed by atoms with Gasteiger partial charge in [-0.2, -0.15) is 4.98 Å². The van der Waals surface area contributed by atoms with Gasteiger partial charge in [0.25, 0.3) is 11.6 Å². The number of non-ortho nitro benzene ring substituents is 1. The fraction of sp³-hybridized carbons (Fsp3) is 0.125. The normalized spacial score (nSPS) is 11.5. The van der Waals surface area contributed by atoms with E-state index in [0.29, 0.717) is 23.3 Å². The molecule has 4 aromatic rings. The monoisotopic (exact) mass is 444 g/mol. The van der Waals surface area contributed by atoms with Crippen molar-refractivity contribution in [1.82, 2.24) is 15.5 Å². The van der Waals surface area contributed by atoms with E-state index >= 15 is 0 Å². The lowest BCUT2D eigenvalue weighted by molar-refractivity contribution is -0.384. The molecule has 9 heteroatoms. The van der Waals surface area contributed by atoms with E-state index in [1.807, 2.05) is 30.3 Å². The van der Waals surface area contributed by atoms with Crippen molar-refractivity contribution >= 4 is 11.6 Å². The van der Waals surface area contributed by atoms with Crippen molar-refractivity contribution in [2.75, 3.05) is 7.11 Å². The number of carbonyl (C=O) groups excluding carboxylic acids is 1. The molecule has 0 unspecified atom stereocenters. The molecule has 1 aromatic heterocycles. The number of nitrogens with one attached hydrogen (secondary N) is 1. The molecule has 0 radical (unpaired) electrons. The van der Waals surface area contributed by atoms with E-state index in [2.05, 4.69) is 15.5 Å². The first-order valence-corrected chi connectivity index (χ1v) is 10.1. The number of hydrogen-bond donors (Lipinski definition) is 1. The molecular formula is C24H20N4O5. The minimum atomic E-state index is -0.609. The van der Waals surface area contributed by atoms with Crippen LogP contribution in [0.25, 0.3) is 11.4 Å². The summed E-state index contributed by atoms with van der Waals surface area (Å²) in [6.45, 7) is 0. The maximum Gasteiger partial charge on any atom is 0.270 e. The lowest BCUT2D eigenvalue weighted by Crippen LogP contribution is -2.30. The van der Waals surface area contributed by atoms with Crippen LogP contribution in [0.2, 0.25) is 0 Å². The molecule has 0 fully saturated rings. The van der Waals surface area contributed by atoms with E-state index in [9.17, 15) is 14.9 Å². The van der Waals surface area contributed by atoms with Gasteiger partial charge in [-0.15, -0.1) is 0 Å². The summed E-state index contributed by atoms with van der Waals surface area (Å²) in [5, 5.41) is 18.0. The highest BCUT2D eigenvalue weighted by atomic mass is 16.6. The summed E-state index contributed by atoms with van der Waals surface area (Å²) in [6.07, 6.45) is 0.416. The number of hydrogen-bond acceptors (Lipinski definition) is 7. The topological polar surface area (TPSA) is 120 Å². The van der Waals surface area contributed by atoms with E-state index in [1.165, 1.54) is 12.1 Å². The number of rotatable bonds is 8. The van der Waals surface area contributed by atoms with Crippen LogP contribution in [0.3, 0.4) is 0 Å². The molecule has 33 heavy (non-hydrogen) atoms. The van der Waals surface area contributed by atoms with E-state index in [4.69, 9.17) is 9.26 Å². The third-order valence-corrected chi connectivity index (χ3v) is 5.00. The molecule has 1 amide bonds. The predicted molar refractivity (Wildman–Crippen MR) is 120 cm³/mol. The molecule has 0 saturated carbocycles. The summed E-state index contributed by atoms with van der Waals surface area (Å²) >= 11 is 0. The van der Waals surface area contributed by atoms with Crippen LogP contribution in [0.5, 0.6) is 5.75 Å². The number of nitro groups is 1. The summed E-state index contributed by atoms with van der Waals surface area (Å²) < 4.78 is 10.6. The Hall–Kier alpha value is -4.53. The van der Waals surface area contributed by atoms with Crippen molar-refractivity contribution in [2.24, 2.45) is 0 Å². The van der Waals surface area contributed by atoms with Crippen molar-refractivity contribution < 1.29 is 19.0 Å². The van der Waals surface area contributed by atoms with Crippen molar-refractivity contribution in [3.05, 3.63) is 106 Å². The van der Waals surface area contributed by atoms with Gasteiger partial charge < -0.3 is 14.6 Å². The minimum Gasteiger partial charge on any atom is -0.497 e. The fourth-order valence-electron chi connectivity index (χ4n) is 3.29. The Kier molecular flexibility index (Phi) is 6.40. The molecule has 0 saturated heterocycles. The van der Waals surface area contributed by atoms with Crippen LogP contribution < -0.4 is 10.1 Å². The highest BCUT2D eigenvalue weighted by molar-refractivity contribution is 5.94. The van der Waals surface area contributed by atoms with Gasteiger partial charge in [0.05, 0.1) is 12.0 Å². The summed E-state index contributed by atoms with van der Waals surface area (Å²) in [5.74, 6) is 0.729. The van der Waals surface area contributed by atoms with Crippen LogP contribution >= 0.6 is 0 Å². The molecule has 1 atom stereocenters. The number of nitro benzene ring substituents is 1. The Morgan fingerprint density at radius 1 is 1.09 bits per heavy atom. The maximum atomic E-state index is 12.9.